The van der Waals surface area contributed by atoms with Crippen LogP contribution in [0.5, 0.6) is 0 Å². The van der Waals surface area contributed by atoms with Gasteiger partial charge in [0.05, 0.1) is 22.2 Å². The van der Waals surface area contributed by atoms with E-state index >= 15 is 0 Å². The van der Waals surface area contributed by atoms with Gasteiger partial charge in [0.25, 0.3) is 0 Å². The molecule has 0 spiro atoms. The molecular weight excluding hydrogens is 349 g/mol. The van der Waals surface area contributed by atoms with Crippen LogP contribution in [-0.2, 0) is 11.2 Å². The Balaban J connectivity index is 0.00000169. The molecule has 128 valence electrons. The number of nitrogens with zero attached hydrogens (tertiary/aromatic N) is 1. The van der Waals surface area contributed by atoms with Crippen LogP contribution in [0.2, 0.25) is 0 Å². The minimum Gasteiger partial charge on any atom is -0.347 e. The van der Waals surface area contributed by atoms with Crippen LogP contribution in [0.25, 0.3) is 10.6 Å². The molecule has 0 radical (unpaired) electrons. The van der Waals surface area contributed by atoms with Crippen molar-refractivity contribution in [2.75, 3.05) is 0 Å². The monoisotopic (exact) mass is 367 g/mol. The molecular formula is C17H19ClFN3OS. The Kier molecular flexibility index (Phi) is 4.64. The Morgan fingerprint density at radius 1 is 1.33 bits per heavy atom. The molecule has 24 heavy (non-hydrogen) atoms. The first-order chi connectivity index (χ1) is 11.0. The van der Waals surface area contributed by atoms with E-state index in [1.807, 2.05) is 0 Å². The normalized spacial score (nSPS) is 20.7. The van der Waals surface area contributed by atoms with Gasteiger partial charge in [-0.25, -0.2) is 9.37 Å². The lowest BCUT2D eigenvalue weighted by molar-refractivity contribution is -0.124. The number of rotatable bonds is 3. The maximum Gasteiger partial charge on any atom is 0.240 e. The van der Waals surface area contributed by atoms with Crippen LogP contribution in [0.4, 0.5) is 4.39 Å². The number of hydrogen-bond donors (Lipinski definition) is 2. The fourth-order valence-corrected chi connectivity index (χ4v) is 4.14. The summed E-state index contributed by atoms with van der Waals surface area (Å²) >= 11 is 1.59. The van der Waals surface area contributed by atoms with Crippen molar-refractivity contribution >= 4 is 29.7 Å². The van der Waals surface area contributed by atoms with Gasteiger partial charge in [-0.1, -0.05) is 0 Å². The second kappa shape index (κ2) is 6.43. The lowest BCUT2D eigenvalue weighted by atomic mass is 9.97. The fraction of sp³-hybridized carbons (Fsp3) is 0.412. The molecule has 3 N–H and O–H groups in total. The van der Waals surface area contributed by atoms with E-state index in [1.165, 1.54) is 12.1 Å². The van der Waals surface area contributed by atoms with Crippen molar-refractivity contribution in [1.29, 1.82) is 0 Å². The summed E-state index contributed by atoms with van der Waals surface area (Å²) in [7, 11) is 0. The second-order valence-corrected chi connectivity index (χ2v) is 7.44. The summed E-state index contributed by atoms with van der Waals surface area (Å²) in [5.41, 5.74) is 7.29. The first-order valence-electron chi connectivity index (χ1n) is 7.90. The molecule has 2 aromatic rings. The highest BCUT2D eigenvalue weighted by atomic mass is 35.5. The molecule has 1 heterocycles. The van der Waals surface area contributed by atoms with Crippen LogP contribution in [0.1, 0.15) is 42.3 Å². The zero-order chi connectivity index (χ0) is 16.0. The highest BCUT2D eigenvalue weighted by molar-refractivity contribution is 7.15. The van der Waals surface area contributed by atoms with E-state index in [4.69, 9.17) is 10.7 Å². The van der Waals surface area contributed by atoms with Gasteiger partial charge in [-0.2, -0.15) is 0 Å². The third kappa shape index (κ3) is 3.18. The van der Waals surface area contributed by atoms with E-state index in [0.717, 1.165) is 53.2 Å². The van der Waals surface area contributed by atoms with Gasteiger partial charge in [-0.15, -0.1) is 23.7 Å². The number of nitrogens with two attached hydrogens (primary N) is 1. The van der Waals surface area contributed by atoms with Crippen molar-refractivity contribution in [3.8, 4) is 10.6 Å². The van der Waals surface area contributed by atoms with Crippen LogP contribution in [0.3, 0.4) is 0 Å². The average Bonchev–Trinajstić information content (AvgIpc) is 3.14. The lowest BCUT2D eigenvalue weighted by Crippen LogP contribution is -2.44. The van der Waals surface area contributed by atoms with E-state index in [0.29, 0.717) is 0 Å². The zero-order valence-electron chi connectivity index (χ0n) is 13.0. The summed E-state index contributed by atoms with van der Waals surface area (Å²) in [4.78, 5) is 18.0. The minimum atomic E-state index is -0.651. The predicted molar refractivity (Wildman–Crippen MR) is 94.7 cm³/mol. The number of halogens is 2. The number of carbonyl (C=O) groups excluding carboxylic acids is 1. The largest absolute Gasteiger partial charge is 0.347 e. The summed E-state index contributed by atoms with van der Waals surface area (Å²) < 4.78 is 13.1. The molecule has 2 aliphatic rings. The first kappa shape index (κ1) is 17.3. The highest BCUT2D eigenvalue weighted by Crippen LogP contribution is 2.39. The third-order valence-corrected chi connectivity index (χ3v) is 5.85. The number of carbonyl (C=O) groups is 1. The Labute approximate surface area is 150 Å². The molecule has 1 amide bonds. The molecule has 0 saturated heterocycles. The zero-order valence-corrected chi connectivity index (χ0v) is 14.7. The number of aromatic nitrogens is 1. The third-order valence-electron chi connectivity index (χ3n) is 4.59. The van der Waals surface area contributed by atoms with Gasteiger partial charge in [0.15, 0.2) is 0 Å². The van der Waals surface area contributed by atoms with Gasteiger partial charge >= 0.3 is 0 Å². The Morgan fingerprint density at radius 2 is 2.04 bits per heavy atom. The molecule has 1 unspecified atom stereocenters. The van der Waals surface area contributed by atoms with Crippen LogP contribution >= 0.6 is 23.7 Å². The van der Waals surface area contributed by atoms with Gasteiger partial charge in [0, 0.05) is 5.56 Å². The molecule has 1 aromatic carbocycles. The summed E-state index contributed by atoms with van der Waals surface area (Å²) in [6.45, 7) is 0. The number of fused-ring (bicyclic) bond motifs is 1. The average molecular weight is 368 g/mol. The van der Waals surface area contributed by atoms with Crippen molar-refractivity contribution in [2.24, 2.45) is 5.73 Å². The van der Waals surface area contributed by atoms with E-state index in [2.05, 4.69) is 5.32 Å². The smallest absolute Gasteiger partial charge is 0.240 e. The minimum absolute atomic E-state index is 0. The van der Waals surface area contributed by atoms with E-state index in [-0.39, 0.29) is 30.2 Å². The van der Waals surface area contributed by atoms with Crippen molar-refractivity contribution in [1.82, 2.24) is 10.3 Å². The number of hydrogen-bond acceptors (Lipinski definition) is 4. The molecule has 7 heteroatoms. The number of nitrogens with one attached hydrogen (secondary N) is 1. The van der Waals surface area contributed by atoms with Crippen molar-refractivity contribution in [2.45, 2.75) is 43.7 Å². The summed E-state index contributed by atoms with van der Waals surface area (Å²) in [6.07, 6.45) is 4.37. The van der Waals surface area contributed by atoms with E-state index in [1.54, 1.807) is 23.5 Å². The molecule has 1 fully saturated rings. The topological polar surface area (TPSA) is 68.0 Å². The maximum absolute atomic E-state index is 13.1. The number of thiazole rings is 1. The van der Waals surface area contributed by atoms with E-state index < -0.39 is 5.54 Å². The fourth-order valence-electron chi connectivity index (χ4n) is 2.94. The van der Waals surface area contributed by atoms with Crippen LogP contribution < -0.4 is 11.1 Å². The molecule has 2 aliphatic carbocycles. The molecule has 1 atom stereocenters. The van der Waals surface area contributed by atoms with Crippen LogP contribution in [-0.4, -0.2) is 16.4 Å². The second-order valence-electron chi connectivity index (χ2n) is 6.41. The Morgan fingerprint density at radius 3 is 2.71 bits per heavy atom. The van der Waals surface area contributed by atoms with Gasteiger partial charge < -0.3 is 11.1 Å². The molecule has 1 aromatic heterocycles. The SMILES string of the molecule is Cl.NC1(C(=O)NC2CCCc3nc(-c4ccc(F)cc4)sc32)CC1. The summed E-state index contributed by atoms with van der Waals surface area (Å²) in [5.74, 6) is -0.301. The van der Waals surface area contributed by atoms with Crippen molar-refractivity contribution < 1.29 is 9.18 Å². The van der Waals surface area contributed by atoms with Crippen molar-refractivity contribution in [3.05, 3.63) is 40.7 Å². The molecule has 4 rings (SSSR count). The van der Waals surface area contributed by atoms with Crippen LogP contribution in [0.15, 0.2) is 24.3 Å². The number of aryl methyl sites for hydroxylation is 1. The standard InChI is InChI=1S/C17H18FN3OS.ClH/c18-11-6-4-10(5-7-11)15-20-12-2-1-3-13(14(12)23-15)21-16(22)17(19)8-9-17;/h4-7,13H,1-3,8-9,19H2,(H,21,22);1H. The molecule has 0 bridgehead atoms. The highest BCUT2D eigenvalue weighted by Gasteiger charge is 2.46. The summed E-state index contributed by atoms with van der Waals surface area (Å²) in [6, 6.07) is 6.37. The lowest BCUT2D eigenvalue weighted by Gasteiger charge is -2.23. The quantitative estimate of drug-likeness (QED) is 0.874. The van der Waals surface area contributed by atoms with Crippen LogP contribution in [0, 0.1) is 5.82 Å². The molecule has 0 aliphatic heterocycles. The predicted octanol–water partition coefficient (Wildman–Crippen LogP) is 3.36. The van der Waals surface area contributed by atoms with Gasteiger partial charge in [-0.3, -0.25) is 4.79 Å². The van der Waals surface area contributed by atoms with Crippen molar-refractivity contribution in [3.63, 3.8) is 0 Å². The Bertz CT molecular complexity index is 758. The maximum atomic E-state index is 13.1. The van der Waals surface area contributed by atoms with Gasteiger partial charge in [-0.05, 0) is 56.4 Å². The molecule has 4 nitrogen and oxygen atoms in total. The Hall–Kier alpha value is -1.50. The van der Waals surface area contributed by atoms with Gasteiger partial charge in [0.2, 0.25) is 5.91 Å². The first-order valence-corrected chi connectivity index (χ1v) is 8.72. The van der Waals surface area contributed by atoms with Gasteiger partial charge in [0.1, 0.15) is 10.8 Å². The van der Waals surface area contributed by atoms with E-state index in [9.17, 15) is 9.18 Å². The molecule has 1 saturated carbocycles. The summed E-state index contributed by atoms with van der Waals surface area (Å²) in [5, 5.41) is 3.98. The number of benzene rings is 1. The number of amides is 1.